The molecule has 2 N–H and O–H groups in total. The van der Waals surface area contributed by atoms with Gasteiger partial charge in [-0.2, -0.15) is 10.5 Å². The molecule has 0 saturated carbocycles. The first-order valence-electron chi connectivity index (χ1n) is 1.86. The van der Waals surface area contributed by atoms with Crippen LogP contribution in [0.5, 0.6) is 0 Å². The molecule has 4 nitrogen and oxygen atoms in total. The summed E-state index contributed by atoms with van der Waals surface area (Å²) in [7, 11) is 0. The molecule has 0 atom stereocenters. The van der Waals surface area contributed by atoms with Crippen molar-refractivity contribution in [2.24, 2.45) is 0 Å². The van der Waals surface area contributed by atoms with Gasteiger partial charge in [0.15, 0.2) is 0 Å². The summed E-state index contributed by atoms with van der Waals surface area (Å²) in [6.07, 6.45) is 0. The topological polar surface area (TPSA) is 95.3 Å². The van der Waals surface area contributed by atoms with Crippen molar-refractivity contribution < 1.29 is 59.1 Å². The molecule has 0 unspecified atom stereocenters. The number of nitrogens with one attached hydrogen (secondary N) is 2. The number of nitriles is 2. The molecule has 0 aromatic rings. The van der Waals surface area contributed by atoms with Gasteiger partial charge in [0.05, 0.1) is 12.1 Å². The van der Waals surface area contributed by atoms with Gasteiger partial charge in [-0.15, -0.1) is 0 Å². The van der Waals surface area contributed by atoms with Gasteiger partial charge in [0.2, 0.25) is 0 Å². The molecule has 0 radical (unpaired) electrons. The molecular formula is C4H2N4Na2S2. The van der Waals surface area contributed by atoms with Gasteiger partial charge in [0.25, 0.3) is 0 Å². The standard InChI is InChI=1S/2C2H2N2S.2Na/c2*3-1-2(4)5;;/h2*(H2,4,5);;/q;;2*+1/p-2. The van der Waals surface area contributed by atoms with Crippen molar-refractivity contribution in [3.63, 3.8) is 0 Å². The first-order valence-corrected chi connectivity index (χ1v) is 2.67. The van der Waals surface area contributed by atoms with Crippen molar-refractivity contribution in [2.75, 3.05) is 0 Å². The third kappa shape index (κ3) is 45.2. The molecule has 0 aromatic heterocycles. The minimum absolute atomic E-state index is 0. The van der Waals surface area contributed by atoms with Gasteiger partial charge in [0, 0.05) is 0 Å². The second-order valence-electron chi connectivity index (χ2n) is 0.882. The zero-order chi connectivity index (χ0) is 8.57. The molecule has 0 aliphatic carbocycles. The van der Waals surface area contributed by atoms with Crippen LogP contribution in [-0.2, 0) is 25.3 Å². The first-order chi connectivity index (χ1) is 4.54. The number of rotatable bonds is 0. The van der Waals surface area contributed by atoms with Gasteiger partial charge in [-0.25, -0.2) is 0 Å². The van der Waals surface area contributed by atoms with Crippen molar-refractivity contribution in [3.8, 4) is 12.1 Å². The molecule has 0 aromatic carbocycles. The first kappa shape index (κ1) is 23.0. The monoisotopic (exact) mass is 216 g/mol. The van der Waals surface area contributed by atoms with Gasteiger partial charge >= 0.3 is 59.1 Å². The van der Waals surface area contributed by atoms with Crippen LogP contribution in [0, 0.1) is 33.5 Å². The Bertz CT molecular complexity index is 192. The fourth-order valence-corrected chi connectivity index (χ4v) is 0. The Morgan fingerprint density at radius 3 is 1.00 bits per heavy atom. The van der Waals surface area contributed by atoms with Gasteiger partial charge in [-0.05, 0) is 10.1 Å². The van der Waals surface area contributed by atoms with Crippen molar-refractivity contribution in [2.45, 2.75) is 0 Å². The summed E-state index contributed by atoms with van der Waals surface area (Å²) in [5, 5.41) is 26.8. The molecule has 0 aliphatic heterocycles. The molecule has 0 aliphatic rings. The molecule has 0 rings (SSSR count). The second kappa shape index (κ2) is 17.7. The zero-order valence-corrected chi connectivity index (χ0v) is 12.3. The Morgan fingerprint density at radius 2 is 1.00 bits per heavy atom. The third-order valence-corrected chi connectivity index (χ3v) is 0.386. The fraction of sp³-hybridized carbons (Fsp3) is 0. The Morgan fingerprint density at radius 1 is 0.917 bits per heavy atom. The largest absolute Gasteiger partial charge is 1.00 e. The molecular weight excluding hydrogens is 214 g/mol. The number of nitrogens with zero attached hydrogens (tertiary/aromatic N) is 2. The molecule has 0 amide bonds. The Labute approximate surface area is 126 Å². The van der Waals surface area contributed by atoms with E-state index in [0.717, 1.165) is 0 Å². The summed E-state index contributed by atoms with van der Waals surface area (Å²) in [6.45, 7) is 0. The van der Waals surface area contributed by atoms with Crippen LogP contribution in [0.1, 0.15) is 0 Å². The van der Waals surface area contributed by atoms with E-state index in [1.54, 1.807) is 0 Å². The molecule has 0 fully saturated rings. The number of hydrogen-bond acceptors (Lipinski definition) is 6. The summed E-state index contributed by atoms with van der Waals surface area (Å²) >= 11 is 8.00. The summed E-state index contributed by atoms with van der Waals surface area (Å²) < 4.78 is 0. The molecule has 52 valence electrons. The van der Waals surface area contributed by atoms with E-state index >= 15 is 0 Å². The SMILES string of the molecule is N#CC(=N)[S-].N#CC(=N)[S-].[Na+].[Na+]. The van der Waals surface area contributed by atoms with E-state index in [4.69, 9.17) is 21.3 Å². The summed E-state index contributed by atoms with van der Waals surface area (Å²) in [5.74, 6) is 0. The Balaban J connectivity index is -0.0000000457. The van der Waals surface area contributed by atoms with E-state index in [1.165, 1.54) is 12.1 Å². The molecule has 0 bridgehead atoms. The van der Waals surface area contributed by atoms with E-state index < -0.39 is 0 Å². The predicted molar refractivity (Wildman–Crippen MR) is 41.4 cm³/mol. The quantitative estimate of drug-likeness (QED) is 0.182. The Hall–Kier alpha value is 0.760. The van der Waals surface area contributed by atoms with Gasteiger partial charge in [-0.1, -0.05) is 0 Å². The van der Waals surface area contributed by atoms with E-state index in [9.17, 15) is 0 Å². The van der Waals surface area contributed by atoms with Crippen molar-refractivity contribution in [1.82, 2.24) is 0 Å². The maximum atomic E-state index is 7.56. The molecule has 12 heavy (non-hydrogen) atoms. The van der Waals surface area contributed by atoms with E-state index in [0.29, 0.717) is 0 Å². The minimum atomic E-state index is -0.356. The van der Waals surface area contributed by atoms with Crippen LogP contribution in [0.3, 0.4) is 0 Å². The third-order valence-electron chi connectivity index (χ3n) is 0.203. The maximum absolute atomic E-state index is 7.56. The van der Waals surface area contributed by atoms with Crippen LogP contribution in [0.15, 0.2) is 0 Å². The summed E-state index contributed by atoms with van der Waals surface area (Å²) in [5.41, 5.74) is 0. The smallest absolute Gasteiger partial charge is 0.750 e. The van der Waals surface area contributed by atoms with E-state index in [-0.39, 0.29) is 69.2 Å². The van der Waals surface area contributed by atoms with Crippen LogP contribution < -0.4 is 59.1 Å². The second-order valence-corrected chi connectivity index (χ2v) is 1.70. The van der Waals surface area contributed by atoms with Crippen LogP contribution in [0.4, 0.5) is 0 Å². The van der Waals surface area contributed by atoms with Gasteiger partial charge < -0.3 is 36.1 Å². The van der Waals surface area contributed by atoms with Gasteiger partial charge in [0.1, 0.15) is 0 Å². The summed E-state index contributed by atoms with van der Waals surface area (Å²) in [6, 6.07) is 2.85. The fourth-order valence-electron chi connectivity index (χ4n) is 0. The zero-order valence-electron chi connectivity index (χ0n) is 6.71. The van der Waals surface area contributed by atoms with Crippen LogP contribution in [0.25, 0.3) is 0 Å². The van der Waals surface area contributed by atoms with Crippen LogP contribution in [0.2, 0.25) is 0 Å². The average molecular weight is 216 g/mol. The molecule has 8 heteroatoms. The Kier molecular flexibility index (Phi) is 34.0. The predicted octanol–water partition coefficient (Wildman–Crippen LogP) is -5.92. The molecule has 0 spiro atoms. The summed E-state index contributed by atoms with van der Waals surface area (Å²) in [4.78, 5) is 0. The molecule has 0 heterocycles. The minimum Gasteiger partial charge on any atom is -0.750 e. The van der Waals surface area contributed by atoms with Crippen LogP contribution in [-0.4, -0.2) is 10.1 Å². The van der Waals surface area contributed by atoms with E-state index in [1.807, 2.05) is 0 Å². The molecule has 0 saturated heterocycles. The normalized spacial score (nSPS) is 4.50. The van der Waals surface area contributed by atoms with Crippen molar-refractivity contribution >= 4 is 35.3 Å². The van der Waals surface area contributed by atoms with Gasteiger partial charge in [-0.3, -0.25) is 0 Å². The van der Waals surface area contributed by atoms with Crippen LogP contribution >= 0.6 is 0 Å². The average Bonchev–Trinajstić information content (AvgIpc) is 1.89. The van der Waals surface area contributed by atoms with E-state index in [2.05, 4.69) is 25.3 Å². The maximum Gasteiger partial charge on any atom is 1.00 e. The van der Waals surface area contributed by atoms with Crippen molar-refractivity contribution in [3.05, 3.63) is 0 Å². The van der Waals surface area contributed by atoms with Crippen molar-refractivity contribution in [1.29, 1.82) is 21.3 Å². The number of hydrogen-bond donors (Lipinski definition) is 2.